The second kappa shape index (κ2) is 6.81. The van der Waals surface area contributed by atoms with Crippen LogP contribution in [0.4, 0.5) is 0 Å². The van der Waals surface area contributed by atoms with Crippen LogP contribution in [0.1, 0.15) is 25.3 Å². The molecule has 2 N–H and O–H groups in total. The Morgan fingerprint density at radius 3 is 2.73 bits per heavy atom. The van der Waals surface area contributed by atoms with Gasteiger partial charge in [0.1, 0.15) is 0 Å². The molecule has 7 heteroatoms. The zero-order valence-electron chi connectivity index (χ0n) is 12.3. The number of primary sulfonamides is 1. The van der Waals surface area contributed by atoms with E-state index in [1.807, 2.05) is 18.2 Å². The van der Waals surface area contributed by atoms with Crippen LogP contribution in [0, 0.1) is 0 Å². The van der Waals surface area contributed by atoms with E-state index in [1.54, 1.807) is 24.0 Å². The number of carbonyl (C=O) groups excluding carboxylic acids is 1. The number of likely N-dealkylation sites (tertiary alicyclic amines) is 1. The van der Waals surface area contributed by atoms with Gasteiger partial charge in [-0.3, -0.25) is 4.79 Å². The van der Waals surface area contributed by atoms with Gasteiger partial charge in [-0.2, -0.15) is 0 Å². The summed E-state index contributed by atoms with van der Waals surface area (Å²) >= 11 is 6.08. The minimum Gasteiger partial charge on any atom is -0.338 e. The molecule has 5 nitrogen and oxygen atoms in total. The van der Waals surface area contributed by atoms with Crippen molar-refractivity contribution < 1.29 is 13.2 Å². The third-order valence-corrected chi connectivity index (χ3v) is 5.40. The number of halogens is 1. The van der Waals surface area contributed by atoms with E-state index in [0.717, 1.165) is 5.56 Å². The fourth-order valence-electron chi connectivity index (χ4n) is 2.53. The summed E-state index contributed by atoms with van der Waals surface area (Å²) in [5.41, 5.74) is 1.28. The third kappa shape index (κ3) is 4.09. The van der Waals surface area contributed by atoms with Gasteiger partial charge in [0, 0.05) is 23.7 Å². The lowest BCUT2D eigenvalue weighted by molar-refractivity contribution is -0.127. The summed E-state index contributed by atoms with van der Waals surface area (Å²) in [6, 6.07) is 7.23. The SMILES string of the molecule is C/C(=C/c1ccccc1Cl)C(=O)N1CCC[C@@H](S(N)(=O)=O)C1. The fourth-order valence-corrected chi connectivity index (χ4v) is 3.60. The molecular weight excluding hydrogens is 324 g/mol. The molecule has 1 saturated heterocycles. The Bertz CT molecular complexity index is 700. The lowest BCUT2D eigenvalue weighted by Crippen LogP contribution is -2.47. The summed E-state index contributed by atoms with van der Waals surface area (Å²) < 4.78 is 22.9. The van der Waals surface area contributed by atoms with Crippen molar-refractivity contribution in [2.24, 2.45) is 5.14 Å². The molecule has 22 heavy (non-hydrogen) atoms. The zero-order chi connectivity index (χ0) is 16.3. The molecule has 1 fully saturated rings. The van der Waals surface area contributed by atoms with Gasteiger partial charge < -0.3 is 4.90 Å². The third-order valence-electron chi connectivity index (χ3n) is 3.74. The van der Waals surface area contributed by atoms with Crippen LogP contribution in [0.2, 0.25) is 5.02 Å². The number of benzene rings is 1. The van der Waals surface area contributed by atoms with Crippen molar-refractivity contribution in [3.8, 4) is 0 Å². The molecule has 0 spiro atoms. The first kappa shape index (κ1) is 17.0. The number of sulfonamides is 1. The molecular formula is C15H19ClN2O3S. The number of nitrogens with zero attached hydrogens (tertiary/aromatic N) is 1. The van der Waals surface area contributed by atoms with E-state index in [4.69, 9.17) is 16.7 Å². The summed E-state index contributed by atoms with van der Waals surface area (Å²) in [6.45, 7) is 2.39. The van der Waals surface area contributed by atoms with E-state index >= 15 is 0 Å². The summed E-state index contributed by atoms with van der Waals surface area (Å²) in [6.07, 6.45) is 2.84. The summed E-state index contributed by atoms with van der Waals surface area (Å²) in [4.78, 5) is 14.0. The van der Waals surface area contributed by atoms with E-state index in [0.29, 0.717) is 30.0 Å². The molecule has 1 heterocycles. The molecule has 1 aliphatic heterocycles. The van der Waals surface area contributed by atoms with Crippen LogP contribution in [0.3, 0.4) is 0 Å². The second-order valence-electron chi connectivity index (χ2n) is 5.45. The molecule has 2 rings (SSSR count). The van der Waals surface area contributed by atoms with E-state index < -0.39 is 15.3 Å². The summed E-state index contributed by atoms with van der Waals surface area (Å²) in [7, 11) is -3.62. The van der Waals surface area contributed by atoms with Gasteiger partial charge in [-0.1, -0.05) is 29.8 Å². The molecule has 0 bridgehead atoms. The zero-order valence-corrected chi connectivity index (χ0v) is 13.9. The Kier molecular flexibility index (Phi) is 5.26. The van der Waals surface area contributed by atoms with E-state index in [2.05, 4.69) is 0 Å². The molecule has 1 aromatic carbocycles. The molecule has 0 unspecified atom stereocenters. The minimum atomic E-state index is -3.62. The van der Waals surface area contributed by atoms with Crippen LogP contribution in [-0.2, 0) is 14.8 Å². The fraction of sp³-hybridized carbons (Fsp3) is 0.400. The van der Waals surface area contributed by atoms with Crippen molar-refractivity contribution in [3.05, 3.63) is 40.4 Å². The number of carbonyl (C=O) groups is 1. The molecule has 0 aromatic heterocycles. The monoisotopic (exact) mass is 342 g/mol. The van der Waals surface area contributed by atoms with Crippen LogP contribution in [0.15, 0.2) is 29.8 Å². The predicted molar refractivity (Wildman–Crippen MR) is 87.8 cm³/mol. The smallest absolute Gasteiger partial charge is 0.249 e. The van der Waals surface area contributed by atoms with E-state index in [-0.39, 0.29) is 12.5 Å². The number of hydrogen-bond donors (Lipinski definition) is 1. The number of amides is 1. The van der Waals surface area contributed by atoms with Gasteiger partial charge in [0.05, 0.1) is 5.25 Å². The maximum atomic E-state index is 12.5. The number of rotatable bonds is 3. The molecule has 0 radical (unpaired) electrons. The molecule has 1 atom stereocenters. The first-order chi connectivity index (χ1) is 10.3. The average molecular weight is 343 g/mol. The average Bonchev–Trinajstić information content (AvgIpc) is 2.48. The quantitative estimate of drug-likeness (QED) is 0.853. The number of nitrogens with two attached hydrogens (primary N) is 1. The van der Waals surface area contributed by atoms with Gasteiger partial charge in [-0.05, 0) is 37.5 Å². The first-order valence-electron chi connectivity index (χ1n) is 7.03. The predicted octanol–water partition coefficient (Wildman–Crippen LogP) is 2.02. The largest absolute Gasteiger partial charge is 0.338 e. The highest BCUT2D eigenvalue weighted by molar-refractivity contribution is 7.89. The van der Waals surface area contributed by atoms with E-state index in [1.165, 1.54) is 0 Å². The number of hydrogen-bond acceptors (Lipinski definition) is 3. The highest BCUT2D eigenvalue weighted by Gasteiger charge is 2.30. The van der Waals surface area contributed by atoms with Gasteiger partial charge in [-0.25, -0.2) is 13.6 Å². The summed E-state index contributed by atoms with van der Waals surface area (Å²) in [5.74, 6) is -0.187. The van der Waals surface area contributed by atoms with Crippen LogP contribution >= 0.6 is 11.6 Å². The van der Waals surface area contributed by atoms with Crippen molar-refractivity contribution in [1.82, 2.24) is 4.90 Å². The Morgan fingerprint density at radius 1 is 1.41 bits per heavy atom. The molecule has 1 amide bonds. The first-order valence-corrected chi connectivity index (χ1v) is 9.01. The summed E-state index contributed by atoms with van der Waals surface area (Å²) in [5, 5.41) is 5.08. The normalized spacial score (nSPS) is 20.0. The highest BCUT2D eigenvalue weighted by Crippen LogP contribution is 2.21. The van der Waals surface area contributed by atoms with Crippen LogP contribution in [0.5, 0.6) is 0 Å². The molecule has 1 aromatic rings. The maximum Gasteiger partial charge on any atom is 0.249 e. The van der Waals surface area contributed by atoms with Crippen LogP contribution < -0.4 is 5.14 Å². The van der Waals surface area contributed by atoms with Gasteiger partial charge in [0.15, 0.2) is 0 Å². The Balaban J connectivity index is 2.15. The van der Waals surface area contributed by atoms with Crippen molar-refractivity contribution in [1.29, 1.82) is 0 Å². The second-order valence-corrected chi connectivity index (χ2v) is 7.71. The van der Waals surface area contributed by atoms with Crippen LogP contribution in [0.25, 0.3) is 6.08 Å². The van der Waals surface area contributed by atoms with Gasteiger partial charge in [-0.15, -0.1) is 0 Å². The van der Waals surface area contributed by atoms with E-state index in [9.17, 15) is 13.2 Å². The van der Waals surface area contributed by atoms with Crippen LogP contribution in [-0.4, -0.2) is 37.6 Å². The van der Waals surface area contributed by atoms with Crippen molar-refractivity contribution in [3.63, 3.8) is 0 Å². The Morgan fingerprint density at radius 2 is 2.09 bits per heavy atom. The molecule has 1 aliphatic rings. The lowest BCUT2D eigenvalue weighted by atomic mass is 10.1. The topological polar surface area (TPSA) is 80.5 Å². The van der Waals surface area contributed by atoms with Gasteiger partial charge in [0.2, 0.25) is 15.9 Å². The van der Waals surface area contributed by atoms with Gasteiger partial charge >= 0.3 is 0 Å². The van der Waals surface area contributed by atoms with Crippen molar-refractivity contribution in [2.45, 2.75) is 25.0 Å². The minimum absolute atomic E-state index is 0.144. The molecule has 120 valence electrons. The molecule has 0 saturated carbocycles. The highest BCUT2D eigenvalue weighted by atomic mass is 35.5. The van der Waals surface area contributed by atoms with Crippen molar-refractivity contribution in [2.75, 3.05) is 13.1 Å². The van der Waals surface area contributed by atoms with Crippen molar-refractivity contribution >= 4 is 33.6 Å². The maximum absolute atomic E-state index is 12.5. The molecule has 0 aliphatic carbocycles. The Hall–Kier alpha value is -1.37. The number of piperidine rings is 1. The van der Waals surface area contributed by atoms with Gasteiger partial charge in [0.25, 0.3) is 0 Å². The Labute approximate surface area is 135 Å². The standard InChI is InChI=1S/C15H19ClN2O3S/c1-11(9-12-5-2-3-7-14(12)16)15(19)18-8-4-6-13(10-18)22(17,20)21/h2-3,5,7,9,13H,4,6,8,10H2,1H3,(H2,17,20,21)/b11-9-/t13-/m1/s1. The lowest BCUT2D eigenvalue weighted by Gasteiger charge is -2.31.